The highest BCUT2D eigenvalue weighted by molar-refractivity contribution is 5.74. The molecule has 27 heavy (non-hydrogen) atoms. The molecule has 0 saturated carbocycles. The van der Waals surface area contributed by atoms with E-state index >= 15 is 0 Å². The van der Waals surface area contributed by atoms with Gasteiger partial charge in [-0.1, -0.05) is 25.1 Å². The van der Waals surface area contributed by atoms with Crippen molar-refractivity contribution in [1.82, 2.24) is 10.6 Å². The van der Waals surface area contributed by atoms with Gasteiger partial charge in [0.1, 0.15) is 5.75 Å². The maximum Gasteiger partial charge on any atom is 0.315 e. The molecule has 0 bridgehead atoms. The molecule has 2 aromatic carbocycles. The van der Waals surface area contributed by atoms with Crippen LogP contribution in [0, 0.1) is 0 Å². The van der Waals surface area contributed by atoms with E-state index in [1.165, 1.54) is 0 Å². The molecule has 6 heteroatoms. The number of ether oxygens (including phenoxy) is 3. The zero-order chi connectivity index (χ0) is 19.1. The third kappa shape index (κ3) is 5.06. The Morgan fingerprint density at radius 1 is 1.11 bits per heavy atom. The lowest BCUT2D eigenvalue weighted by atomic mass is 10.0. The first-order chi connectivity index (χ1) is 13.2. The lowest BCUT2D eigenvalue weighted by molar-refractivity contribution is 0.236. The van der Waals surface area contributed by atoms with E-state index in [9.17, 15) is 4.79 Å². The number of nitrogens with one attached hydrogen (secondary N) is 2. The van der Waals surface area contributed by atoms with Crippen molar-refractivity contribution in [2.24, 2.45) is 0 Å². The summed E-state index contributed by atoms with van der Waals surface area (Å²) in [4.78, 5) is 12.3. The van der Waals surface area contributed by atoms with E-state index in [1.54, 1.807) is 7.11 Å². The Morgan fingerprint density at radius 3 is 2.56 bits per heavy atom. The van der Waals surface area contributed by atoms with Crippen LogP contribution >= 0.6 is 0 Å². The average molecular weight is 370 g/mol. The summed E-state index contributed by atoms with van der Waals surface area (Å²) >= 11 is 0. The first-order valence-corrected chi connectivity index (χ1v) is 9.26. The van der Waals surface area contributed by atoms with E-state index in [0.29, 0.717) is 19.8 Å². The van der Waals surface area contributed by atoms with Crippen molar-refractivity contribution in [3.63, 3.8) is 0 Å². The molecule has 2 amide bonds. The molecule has 0 spiro atoms. The fourth-order valence-electron chi connectivity index (χ4n) is 2.97. The van der Waals surface area contributed by atoms with Crippen LogP contribution in [0.3, 0.4) is 0 Å². The fraction of sp³-hybridized carbons (Fsp3) is 0.381. The fourth-order valence-corrected chi connectivity index (χ4v) is 2.97. The Hall–Kier alpha value is -2.89. The number of rotatable bonds is 6. The quantitative estimate of drug-likeness (QED) is 0.811. The second-order valence-corrected chi connectivity index (χ2v) is 6.39. The number of carbonyl (C=O) groups is 1. The molecule has 1 atom stereocenters. The predicted octanol–water partition coefficient (Wildman–Crippen LogP) is 3.81. The molecule has 6 nitrogen and oxygen atoms in total. The van der Waals surface area contributed by atoms with Crippen molar-refractivity contribution in [2.45, 2.75) is 32.4 Å². The molecule has 0 radical (unpaired) electrons. The summed E-state index contributed by atoms with van der Waals surface area (Å²) in [6, 6.07) is 13.2. The maximum atomic E-state index is 12.3. The van der Waals surface area contributed by atoms with Gasteiger partial charge in [0.05, 0.1) is 26.4 Å². The van der Waals surface area contributed by atoms with Crippen LogP contribution < -0.4 is 24.8 Å². The summed E-state index contributed by atoms with van der Waals surface area (Å²) in [7, 11) is 1.64. The molecule has 3 rings (SSSR count). The standard InChI is InChI=1S/C21H26N2O4/c1-3-18(16-6-8-17(25-2)9-7-16)23-21(24)22-14-15-5-10-19-20(13-15)27-12-4-11-26-19/h5-10,13,18H,3-4,11-12,14H2,1-2H3,(H2,22,23,24). The molecule has 0 aliphatic carbocycles. The topological polar surface area (TPSA) is 68.8 Å². The van der Waals surface area contributed by atoms with Crippen LogP contribution in [-0.4, -0.2) is 26.4 Å². The summed E-state index contributed by atoms with van der Waals surface area (Å²) < 4.78 is 16.5. The number of amides is 2. The van der Waals surface area contributed by atoms with Gasteiger partial charge in [-0.2, -0.15) is 0 Å². The number of benzene rings is 2. The third-order valence-electron chi connectivity index (χ3n) is 4.50. The molecule has 1 aliphatic rings. The summed E-state index contributed by atoms with van der Waals surface area (Å²) in [6.07, 6.45) is 1.66. The molecule has 0 saturated heterocycles. The lowest BCUT2D eigenvalue weighted by Gasteiger charge is -2.18. The number of methoxy groups -OCH3 is 1. The Bertz CT molecular complexity index is 761. The third-order valence-corrected chi connectivity index (χ3v) is 4.50. The summed E-state index contributed by atoms with van der Waals surface area (Å²) in [5.74, 6) is 2.29. The van der Waals surface area contributed by atoms with Gasteiger partial charge in [0.25, 0.3) is 0 Å². The molecular weight excluding hydrogens is 344 g/mol. The van der Waals surface area contributed by atoms with Gasteiger partial charge in [-0.25, -0.2) is 4.79 Å². The monoisotopic (exact) mass is 370 g/mol. The van der Waals surface area contributed by atoms with Crippen LogP contribution in [0.2, 0.25) is 0 Å². The zero-order valence-electron chi connectivity index (χ0n) is 15.8. The largest absolute Gasteiger partial charge is 0.497 e. The highest BCUT2D eigenvalue weighted by atomic mass is 16.5. The van der Waals surface area contributed by atoms with Crippen molar-refractivity contribution in [3.05, 3.63) is 53.6 Å². The van der Waals surface area contributed by atoms with Gasteiger partial charge in [-0.05, 0) is 41.8 Å². The number of urea groups is 1. The van der Waals surface area contributed by atoms with Crippen molar-refractivity contribution in [3.8, 4) is 17.2 Å². The number of hydrogen-bond donors (Lipinski definition) is 2. The molecule has 0 aromatic heterocycles. The minimum atomic E-state index is -0.204. The van der Waals surface area contributed by atoms with E-state index in [2.05, 4.69) is 10.6 Å². The van der Waals surface area contributed by atoms with Gasteiger partial charge in [0.2, 0.25) is 0 Å². The van der Waals surface area contributed by atoms with Crippen molar-refractivity contribution >= 4 is 6.03 Å². The first-order valence-electron chi connectivity index (χ1n) is 9.26. The van der Waals surface area contributed by atoms with Gasteiger partial charge in [0.15, 0.2) is 11.5 Å². The van der Waals surface area contributed by atoms with Crippen LogP contribution in [0.1, 0.15) is 36.9 Å². The van der Waals surface area contributed by atoms with Gasteiger partial charge in [0, 0.05) is 13.0 Å². The van der Waals surface area contributed by atoms with Crippen LogP contribution in [0.4, 0.5) is 4.79 Å². The number of carbonyl (C=O) groups excluding carboxylic acids is 1. The highest BCUT2D eigenvalue weighted by Gasteiger charge is 2.14. The van der Waals surface area contributed by atoms with E-state index in [4.69, 9.17) is 14.2 Å². The van der Waals surface area contributed by atoms with Crippen LogP contribution in [0.25, 0.3) is 0 Å². The van der Waals surface area contributed by atoms with Crippen LogP contribution in [0.5, 0.6) is 17.2 Å². The Kier molecular flexibility index (Phi) is 6.41. The van der Waals surface area contributed by atoms with Crippen LogP contribution in [0.15, 0.2) is 42.5 Å². The van der Waals surface area contributed by atoms with E-state index in [1.807, 2.05) is 49.4 Å². The zero-order valence-corrected chi connectivity index (χ0v) is 15.8. The van der Waals surface area contributed by atoms with E-state index in [0.717, 1.165) is 41.2 Å². The number of fused-ring (bicyclic) bond motifs is 1. The van der Waals surface area contributed by atoms with Gasteiger partial charge >= 0.3 is 6.03 Å². The molecule has 2 aromatic rings. The van der Waals surface area contributed by atoms with Gasteiger partial charge in [-0.3, -0.25) is 0 Å². The maximum absolute atomic E-state index is 12.3. The highest BCUT2D eigenvalue weighted by Crippen LogP contribution is 2.30. The lowest BCUT2D eigenvalue weighted by Crippen LogP contribution is -2.37. The minimum Gasteiger partial charge on any atom is -0.497 e. The first kappa shape index (κ1) is 18.9. The molecule has 144 valence electrons. The van der Waals surface area contributed by atoms with Crippen molar-refractivity contribution in [1.29, 1.82) is 0 Å². The molecule has 1 heterocycles. The van der Waals surface area contributed by atoms with E-state index in [-0.39, 0.29) is 12.1 Å². The smallest absolute Gasteiger partial charge is 0.315 e. The van der Waals surface area contributed by atoms with Crippen molar-refractivity contribution < 1.29 is 19.0 Å². The summed E-state index contributed by atoms with van der Waals surface area (Å²) in [6.45, 7) is 3.77. The Balaban J connectivity index is 1.56. The summed E-state index contributed by atoms with van der Waals surface area (Å²) in [5.41, 5.74) is 2.01. The molecule has 1 aliphatic heterocycles. The second-order valence-electron chi connectivity index (χ2n) is 6.39. The SMILES string of the molecule is CCC(NC(=O)NCc1ccc2c(c1)OCCCO2)c1ccc(OC)cc1. The average Bonchev–Trinajstić information content (AvgIpc) is 2.95. The molecule has 1 unspecified atom stereocenters. The molecule has 0 fully saturated rings. The van der Waals surface area contributed by atoms with Gasteiger partial charge < -0.3 is 24.8 Å². The van der Waals surface area contributed by atoms with Crippen LogP contribution in [-0.2, 0) is 6.54 Å². The Labute approximate surface area is 159 Å². The normalized spacial score (nSPS) is 14.0. The minimum absolute atomic E-state index is 0.0558. The Morgan fingerprint density at radius 2 is 1.85 bits per heavy atom. The van der Waals surface area contributed by atoms with Crippen molar-refractivity contribution in [2.75, 3.05) is 20.3 Å². The molecular formula is C21H26N2O4. The number of hydrogen-bond acceptors (Lipinski definition) is 4. The van der Waals surface area contributed by atoms with Gasteiger partial charge in [-0.15, -0.1) is 0 Å². The predicted molar refractivity (Wildman–Crippen MR) is 103 cm³/mol. The summed E-state index contributed by atoms with van der Waals surface area (Å²) in [5, 5.41) is 5.92. The van der Waals surface area contributed by atoms with E-state index < -0.39 is 0 Å². The second kappa shape index (κ2) is 9.16. The molecule has 2 N–H and O–H groups in total.